The monoisotopic (exact) mass is 443 g/mol. The van der Waals surface area contributed by atoms with Gasteiger partial charge in [-0.2, -0.15) is 0 Å². The number of nitrogens with one attached hydrogen (secondary N) is 3. The number of benzene rings is 1. The molecule has 0 spiro atoms. The molecule has 1 rings (SSSR count). The van der Waals surface area contributed by atoms with Crippen molar-refractivity contribution in [2.75, 3.05) is 13.1 Å². The molecular weight excluding hydrogens is 408 g/mol. The minimum absolute atomic E-state index is 0.0332. The summed E-state index contributed by atoms with van der Waals surface area (Å²) in [5.41, 5.74) is -0.494. The predicted octanol–water partition coefficient (Wildman–Crippen LogP) is 2.51. The van der Waals surface area contributed by atoms with Crippen molar-refractivity contribution in [2.24, 2.45) is 5.92 Å². The Morgan fingerprint density at radius 2 is 1.65 bits per heavy atom. The number of aliphatic hydroxyl groups excluding tert-OH is 1. The number of amides is 2. The van der Waals surface area contributed by atoms with Crippen molar-refractivity contribution < 1.29 is 28.2 Å². The molecule has 31 heavy (non-hydrogen) atoms. The van der Waals surface area contributed by atoms with E-state index in [0.29, 0.717) is 12.5 Å². The van der Waals surface area contributed by atoms with Crippen LogP contribution in [0.3, 0.4) is 0 Å². The largest absolute Gasteiger partial charge is 0.444 e. The summed E-state index contributed by atoms with van der Waals surface area (Å²) < 4.78 is 32.4. The van der Waals surface area contributed by atoms with Crippen molar-refractivity contribution in [1.82, 2.24) is 16.0 Å². The second-order valence-corrected chi connectivity index (χ2v) is 9.07. The Kier molecular flexibility index (Phi) is 10.3. The van der Waals surface area contributed by atoms with E-state index in [4.69, 9.17) is 4.74 Å². The highest BCUT2D eigenvalue weighted by molar-refractivity contribution is 5.81. The molecule has 1 aromatic carbocycles. The molecule has 0 unspecified atom stereocenters. The highest BCUT2D eigenvalue weighted by Gasteiger charge is 2.26. The lowest BCUT2D eigenvalue weighted by Gasteiger charge is -2.28. The third-order valence-electron chi connectivity index (χ3n) is 4.26. The van der Waals surface area contributed by atoms with Gasteiger partial charge in [0.25, 0.3) is 0 Å². The maximum absolute atomic E-state index is 13.6. The number of carbonyl (C=O) groups is 2. The summed E-state index contributed by atoms with van der Waals surface area (Å²) in [6.45, 7) is 11.2. The summed E-state index contributed by atoms with van der Waals surface area (Å²) in [7, 11) is 0. The zero-order chi connectivity index (χ0) is 23.8. The molecular formula is C22H35F2N3O4. The summed E-state index contributed by atoms with van der Waals surface area (Å²) in [4.78, 5) is 24.3. The molecule has 3 atom stereocenters. The third kappa shape index (κ3) is 11.1. The van der Waals surface area contributed by atoms with Crippen molar-refractivity contribution >= 4 is 12.0 Å². The van der Waals surface area contributed by atoms with Gasteiger partial charge in [-0.15, -0.1) is 0 Å². The van der Waals surface area contributed by atoms with E-state index in [1.54, 1.807) is 27.7 Å². The molecule has 7 nitrogen and oxygen atoms in total. The van der Waals surface area contributed by atoms with Crippen LogP contribution in [0.4, 0.5) is 13.6 Å². The topological polar surface area (TPSA) is 99.7 Å². The fourth-order valence-corrected chi connectivity index (χ4v) is 2.72. The first kappa shape index (κ1) is 26.8. The van der Waals surface area contributed by atoms with Crippen LogP contribution in [0.1, 0.15) is 47.1 Å². The molecule has 0 saturated carbocycles. The lowest BCUT2D eigenvalue weighted by molar-refractivity contribution is -0.123. The van der Waals surface area contributed by atoms with Crippen LogP contribution < -0.4 is 16.0 Å². The van der Waals surface area contributed by atoms with Crippen molar-refractivity contribution in [3.05, 3.63) is 35.4 Å². The fraction of sp³-hybridized carbons (Fsp3) is 0.636. The summed E-state index contributed by atoms with van der Waals surface area (Å²) in [5.74, 6) is -1.43. The van der Waals surface area contributed by atoms with Crippen LogP contribution in [-0.4, -0.2) is 54.0 Å². The molecule has 4 N–H and O–H groups in total. The molecule has 9 heteroatoms. The van der Waals surface area contributed by atoms with Gasteiger partial charge in [0.2, 0.25) is 5.91 Å². The van der Waals surface area contributed by atoms with Crippen LogP contribution in [0.25, 0.3) is 0 Å². The SMILES string of the molecule is CC(C)CNC(=O)[C@H](C)NC[C@@H](O)[C@H](Cc1cc(F)cc(F)c1)NC(=O)OC(C)(C)C. The maximum Gasteiger partial charge on any atom is 0.407 e. The van der Waals surface area contributed by atoms with Crippen molar-refractivity contribution in [1.29, 1.82) is 0 Å². The van der Waals surface area contributed by atoms with Crippen LogP contribution >= 0.6 is 0 Å². The molecule has 1 aromatic rings. The molecule has 0 aliphatic carbocycles. The van der Waals surface area contributed by atoms with Crippen molar-refractivity contribution in [2.45, 2.75) is 71.8 Å². The molecule has 0 fully saturated rings. The zero-order valence-electron chi connectivity index (χ0n) is 19.1. The maximum atomic E-state index is 13.6. The molecule has 0 radical (unpaired) electrons. The van der Waals surface area contributed by atoms with Crippen LogP contribution in [0.2, 0.25) is 0 Å². The van der Waals surface area contributed by atoms with Crippen molar-refractivity contribution in [3.63, 3.8) is 0 Å². The zero-order valence-corrected chi connectivity index (χ0v) is 19.1. The number of halogens is 2. The lowest BCUT2D eigenvalue weighted by Crippen LogP contribution is -2.52. The number of aliphatic hydroxyl groups is 1. The van der Waals surface area contributed by atoms with Gasteiger partial charge < -0.3 is 25.8 Å². The Balaban J connectivity index is 2.83. The van der Waals surface area contributed by atoms with E-state index in [0.717, 1.165) is 18.2 Å². The Morgan fingerprint density at radius 3 is 2.16 bits per heavy atom. The number of ether oxygens (including phenoxy) is 1. The van der Waals surface area contributed by atoms with Crippen LogP contribution in [-0.2, 0) is 16.0 Å². The van der Waals surface area contributed by atoms with E-state index in [2.05, 4.69) is 16.0 Å². The van der Waals surface area contributed by atoms with E-state index >= 15 is 0 Å². The summed E-state index contributed by atoms with van der Waals surface area (Å²) in [5, 5.41) is 18.9. The second kappa shape index (κ2) is 12.0. The van der Waals surface area contributed by atoms with Gasteiger partial charge in [-0.05, 0) is 57.7 Å². The molecule has 176 valence electrons. The normalized spacial score (nSPS) is 14.6. The Morgan fingerprint density at radius 1 is 1.06 bits per heavy atom. The van der Waals surface area contributed by atoms with Gasteiger partial charge in [-0.3, -0.25) is 4.79 Å². The average Bonchev–Trinajstić information content (AvgIpc) is 2.60. The van der Waals surface area contributed by atoms with E-state index in [1.807, 2.05) is 13.8 Å². The predicted molar refractivity (Wildman–Crippen MR) is 115 cm³/mol. The van der Waals surface area contributed by atoms with Gasteiger partial charge >= 0.3 is 6.09 Å². The molecule has 0 bridgehead atoms. The standard InChI is InChI=1S/C22H35F2N3O4/c1-13(2)11-26-20(29)14(3)25-12-19(28)18(27-21(30)31-22(4,5)6)9-15-7-16(23)10-17(24)8-15/h7-8,10,13-14,18-19,25,28H,9,11-12H2,1-6H3,(H,26,29)(H,27,30)/t14-,18-,19+/m0/s1. The Bertz CT molecular complexity index is 718. The first-order valence-corrected chi connectivity index (χ1v) is 10.4. The fourth-order valence-electron chi connectivity index (χ4n) is 2.72. The first-order chi connectivity index (χ1) is 14.3. The smallest absolute Gasteiger partial charge is 0.407 e. The van der Waals surface area contributed by atoms with E-state index < -0.39 is 41.5 Å². The van der Waals surface area contributed by atoms with Gasteiger partial charge in [-0.25, -0.2) is 13.6 Å². The summed E-state index contributed by atoms with van der Waals surface area (Å²) in [6.07, 6.45) is -1.96. The number of rotatable bonds is 10. The number of hydrogen-bond donors (Lipinski definition) is 4. The first-order valence-electron chi connectivity index (χ1n) is 10.4. The van der Waals surface area contributed by atoms with Crippen LogP contribution in [0.15, 0.2) is 18.2 Å². The quantitative estimate of drug-likeness (QED) is 0.445. The Hall–Kier alpha value is -2.26. The van der Waals surface area contributed by atoms with Crippen LogP contribution in [0.5, 0.6) is 0 Å². The number of carbonyl (C=O) groups excluding carboxylic acids is 2. The van der Waals surface area contributed by atoms with E-state index in [9.17, 15) is 23.5 Å². The molecule has 0 heterocycles. The average molecular weight is 444 g/mol. The highest BCUT2D eigenvalue weighted by atomic mass is 19.1. The summed E-state index contributed by atoms with van der Waals surface area (Å²) >= 11 is 0. The number of alkyl carbamates (subject to hydrolysis) is 1. The molecule has 0 saturated heterocycles. The second-order valence-electron chi connectivity index (χ2n) is 9.07. The van der Waals surface area contributed by atoms with Crippen molar-refractivity contribution in [3.8, 4) is 0 Å². The number of hydrogen-bond acceptors (Lipinski definition) is 5. The molecule has 2 amide bonds. The molecule has 0 aromatic heterocycles. The highest BCUT2D eigenvalue weighted by Crippen LogP contribution is 2.13. The van der Waals surface area contributed by atoms with Gasteiger partial charge in [0, 0.05) is 19.2 Å². The Labute approximate surface area is 182 Å². The minimum atomic E-state index is -1.15. The minimum Gasteiger partial charge on any atom is -0.444 e. The van der Waals surface area contributed by atoms with Gasteiger partial charge in [-0.1, -0.05) is 13.8 Å². The third-order valence-corrected chi connectivity index (χ3v) is 4.26. The molecule has 0 aliphatic heterocycles. The van der Waals surface area contributed by atoms with Gasteiger partial charge in [0.1, 0.15) is 17.2 Å². The summed E-state index contributed by atoms with van der Waals surface area (Å²) in [6, 6.07) is 1.52. The van der Waals surface area contributed by atoms with E-state index in [-0.39, 0.29) is 24.4 Å². The molecule has 0 aliphatic rings. The van der Waals surface area contributed by atoms with Gasteiger partial charge in [0.15, 0.2) is 0 Å². The van der Waals surface area contributed by atoms with Crippen LogP contribution in [0, 0.1) is 17.6 Å². The van der Waals surface area contributed by atoms with Gasteiger partial charge in [0.05, 0.1) is 18.2 Å². The van der Waals surface area contributed by atoms with E-state index in [1.165, 1.54) is 0 Å². The lowest BCUT2D eigenvalue weighted by atomic mass is 10.0.